The molecule has 2 aromatic rings. The van der Waals surface area contributed by atoms with Crippen LogP contribution in [0.3, 0.4) is 0 Å². The second kappa shape index (κ2) is 8.96. The highest BCUT2D eigenvalue weighted by Gasteiger charge is 2.25. The molecule has 0 aromatic carbocycles. The molecule has 6 nitrogen and oxygen atoms in total. The summed E-state index contributed by atoms with van der Waals surface area (Å²) in [4.78, 5) is 26.6. The van der Waals surface area contributed by atoms with E-state index in [1.807, 2.05) is 11.3 Å². The molecule has 0 saturated carbocycles. The molecule has 3 N–H and O–H groups in total. The molecular weight excluding hydrogens is 382 g/mol. The number of hydrogen-bond acceptors (Lipinski definition) is 6. The molecule has 0 spiro atoms. The Morgan fingerprint density at radius 2 is 2.07 bits per heavy atom. The van der Waals surface area contributed by atoms with Gasteiger partial charge in [0.2, 0.25) is 5.91 Å². The van der Waals surface area contributed by atoms with Gasteiger partial charge in [0.25, 0.3) is 0 Å². The fourth-order valence-electron chi connectivity index (χ4n) is 4.60. The van der Waals surface area contributed by atoms with Crippen LogP contribution in [0, 0.1) is 11.8 Å². The maximum atomic E-state index is 12.1. The van der Waals surface area contributed by atoms with E-state index in [1.165, 1.54) is 16.9 Å². The number of hydrogen-bond donors (Lipinski definition) is 2. The molecule has 7 heteroatoms. The first kappa shape index (κ1) is 20.5. The summed E-state index contributed by atoms with van der Waals surface area (Å²) in [5.74, 6) is 2.65. The SMILES string of the molecule is CCCNC(=O)C1CCN(CCc2nc(N)c3c4c(sc3n2)CC(C)CC4)CC1. The molecule has 4 rings (SSSR count). The number of nitrogens with one attached hydrogen (secondary N) is 1. The standard InChI is InChI=1S/C22H33N5OS/c1-3-9-24-21(28)15-6-10-27(11-7-15)12-8-18-25-20(23)19-16-5-4-14(2)13-17(16)29-22(19)26-18/h14-15H,3-13H2,1-2H3,(H,24,28)(H2,23,25,26). The molecule has 158 valence electrons. The van der Waals surface area contributed by atoms with Crippen LogP contribution in [-0.2, 0) is 24.1 Å². The Hall–Kier alpha value is -1.73. The van der Waals surface area contributed by atoms with Crippen LogP contribution in [0.25, 0.3) is 10.2 Å². The summed E-state index contributed by atoms with van der Waals surface area (Å²) in [7, 11) is 0. The van der Waals surface area contributed by atoms with Crippen LogP contribution in [0.5, 0.6) is 0 Å². The molecule has 1 aliphatic heterocycles. The van der Waals surface area contributed by atoms with Gasteiger partial charge in [-0.15, -0.1) is 11.3 Å². The van der Waals surface area contributed by atoms with Crippen LogP contribution >= 0.6 is 11.3 Å². The minimum Gasteiger partial charge on any atom is -0.383 e. The van der Waals surface area contributed by atoms with Gasteiger partial charge in [-0.3, -0.25) is 4.79 Å². The third-order valence-electron chi connectivity index (χ3n) is 6.39. The van der Waals surface area contributed by atoms with E-state index in [1.54, 1.807) is 0 Å². The number of nitrogens with zero attached hydrogens (tertiary/aromatic N) is 3. The number of anilines is 1. The first-order chi connectivity index (χ1) is 14.0. The highest BCUT2D eigenvalue weighted by molar-refractivity contribution is 7.19. The summed E-state index contributed by atoms with van der Waals surface area (Å²) in [6, 6.07) is 0. The van der Waals surface area contributed by atoms with E-state index >= 15 is 0 Å². The van der Waals surface area contributed by atoms with Gasteiger partial charge in [0.15, 0.2) is 0 Å². The molecule has 3 heterocycles. The largest absolute Gasteiger partial charge is 0.383 e. The van der Waals surface area contributed by atoms with Gasteiger partial charge in [-0.2, -0.15) is 0 Å². The van der Waals surface area contributed by atoms with Crippen molar-refractivity contribution >= 4 is 33.3 Å². The third-order valence-corrected chi connectivity index (χ3v) is 7.54. The second-order valence-corrected chi connectivity index (χ2v) is 9.80. The van der Waals surface area contributed by atoms with Crippen LogP contribution in [0.2, 0.25) is 0 Å². The Bertz CT molecular complexity index is 872. The zero-order chi connectivity index (χ0) is 20.4. The molecule has 1 fully saturated rings. The van der Waals surface area contributed by atoms with E-state index in [9.17, 15) is 4.79 Å². The molecule has 1 aliphatic carbocycles. The molecule has 0 bridgehead atoms. The smallest absolute Gasteiger partial charge is 0.223 e. The lowest BCUT2D eigenvalue weighted by Crippen LogP contribution is -2.41. The van der Waals surface area contributed by atoms with E-state index in [4.69, 9.17) is 10.7 Å². The first-order valence-corrected chi connectivity index (χ1v) is 11.9. The zero-order valence-corrected chi connectivity index (χ0v) is 18.5. The van der Waals surface area contributed by atoms with Crippen molar-refractivity contribution in [3.63, 3.8) is 0 Å². The molecule has 1 atom stereocenters. The zero-order valence-electron chi connectivity index (χ0n) is 17.7. The number of nitrogens with two attached hydrogens (primary N) is 1. The number of piperidine rings is 1. The molecule has 1 saturated heterocycles. The number of aromatic nitrogens is 2. The maximum absolute atomic E-state index is 12.1. The number of likely N-dealkylation sites (tertiary alicyclic amines) is 1. The van der Waals surface area contributed by atoms with Crippen molar-refractivity contribution in [3.05, 3.63) is 16.3 Å². The highest BCUT2D eigenvalue weighted by Crippen LogP contribution is 2.39. The van der Waals surface area contributed by atoms with Gasteiger partial charge in [-0.25, -0.2) is 9.97 Å². The Balaban J connectivity index is 1.35. The fourth-order valence-corrected chi connectivity index (χ4v) is 6.01. The average Bonchev–Trinajstić information content (AvgIpc) is 3.08. The topological polar surface area (TPSA) is 84.1 Å². The second-order valence-electron chi connectivity index (χ2n) is 8.71. The van der Waals surface area contributed by atoms with Crippen molar-refractivity contribution in [3.8, 4) is 0 Å². The maximum Gasteiger partial charge on any atom is 0.223 e. The lowest BCUT2D eigenvalue weighted by Gasteiger charge is -2.31. The van der Waals surface area contributed by atoms with Gasteiger partial charge in [-0.05, 0) is 63.1 Å². The monoisotopic (exact) mass is 415 g/mol. The Kier molecular flexibility index (Phi) is 6.35. The molecule has 2 aromatic heterocycles. The minimum atomic E-state index is 0.167. The van der Waals surface area contributed by atoms with Crippen molar-refractivity contribution in [1.29, 1.82) is 0 Å². The Morgan fingerprint density at radius 1 is 1.28 bits per heavy atom. The number of carbonyl (C=O) groups is 1. The number of thiophene rings is 1. The molecular formula is C22H33N5OS. The number of fused-ring (bicyclic) bond motifs is 3. The van der Waals surface area contributed by atoms with E-state index in [0.717, 1.165) is 86.7 Å². The summed E-state index contributed by atoms with van der Waals surface area (Å²) in [6.07, 6.45) is 7.15. The number of amides is 1. The van der Waals surface area contributed by atoms with E-state index in [-0.39, 0.29) is 11.8 Å². The summed E-state index contributed by atoms with van der Waals surface area (Å²) in [5.41, 5.74) is 7.76. The van der Waals surface area contributed by atoms with Gasteiger partial charge in [0.05, 0.1) is 5.39 Å². The van der Waals surface area contributed by atoms with Crippen molar-refractivity contribution in [1.82, 2.24) is 20.2 Å². The van der Waals surface area contributed by atoms with E-state index < -0.39 is 0 Å². The van der Waals surface area contributed by atoms with Crippen molar-refractivity contribution in [2.75, 3.05) is 31.9 Å². The lowest BCUT2D eigenvalue weighted by molar-refractivity contribution is -0.126. The summed E-state index contributed by atoms with van der Waals surface area (Å²) in [5, 5.41) is 4.14. The number of aryl methyl sites for hydroxylation is 1. The highest BCUT2D eigenvalue weighted by atomic mass is 32.1. The minimum absolute atomic E-state index is 0.167. The molecule has 0 radical (unpaired) electrons. The van der Waals surface area contributed by atoms with Crippen LogP contribution in [0.15, 0.2) is 0 Å². The summed E-state index contributed by atoms with van der Waals surface area (Å²) < 4.78 is 0. The van der Waals surface area contributed by atoms with Gasteiger partial charge < -0.3 is 16.0 Å². The van der Waals surface area contributed by atoms with Crippen LogP contribution in [-0.4, -0.2) is 47.0 Å². The predicted molar refractivity (Wildman–Crippen MR) is 119 cm³/mol. The van der Waals surface area contributed by atoms with Crippen LogP contribution in [0.4, 0.5) is 5.82 Å². The Morgan fingerprint density at radius 3 is 2.83 bits per heavy atom. The lowest BCUT2D eigenvalue weighted by atomic mass is 9.89. The normalized spacial score (nSPS) is 20.7. The van der Waals surface area contributed by atoms with Crippen molar-refractivity contribution < 1.29 is 4.79 Å². The quantitative estimate of drug-likeness (QED) is 0.757. The van der Waals surface area contributed by atoms with Gasteiger partial charge >= 0.3 is 0 Å². The Labute approximate surface area is 177 Å². The van der Waals surface area contributed by atoms with Crippen LogP contribution in [0.1, 0.15) is 55.8 Å². The van der Waals surface area contributed by atoms with Gasteiger partial charge in [0, 0.05) is 30.3 Å². The predicted octanol–water partition coefficient (Wildman–Crippen LogP) is 3.18. The van der Waals surface area contributed by atoms with Gasteiger partial charge in [0.1, 0.15) is 16.5 Å². The molecule has 29 heavy (non-hydrogen) atoms. The molecule has 1 amide bonds. The van der Waals surface area contributed by atoms with Crippen LogP contribution < -0.4 is 11.1 Å². The fraction of sp³-hybridized carbons (Fsp3) is 0.682. The molecule has 1 unspecified atom stereocenters. The molecule has 2 aliphatic rings. The number of rotatable bonds is 6. The van der Waals surface area contributed by atoms with E-state index in [2.05, 4.69) is 29.0 Å². The summed E-state index contributed by atoms with van der Waals surface area (Å²) >= 11 is 1.81. The number of carbonyl (C=O) groups excluding carboxylic acids is 1. The van der Waals surface area contributed by atoms with Crippen molar-refractivity contribution in [2.45, 2.75) is 58.8 Å². The third kappa shape index (κ3) is 4.56. The average molecular weight is 416 g/mol. The van der Waals surface area contributed by atoms with E-state index in [0.29, 0.717) is 5.82 Å². The summed E-state index contributed by atoms with van der Waals surface area (Å²) in [6.45, 7) is 8.05. The van der Waals surface area contributed by atoms with Gasteiger partial charge in [-0.1, -0.05) is 13.8 Å². The van der Waals surface area contributed by atoms with Crippen molar-refractivity contribution in [2.24, 2.45) is 11.8 Å². The first-order valence-electron chi connectivity index (χ1n) is 11.1. The number of nitrogen functional groups attached to an aromatic ring is 1.